The van der Waals surface area contributed by atoms with Gasteiger partial charge in [-0.3, -0.25) is 4.79 Å². The number of anilines is 1. The molecule has 0 saturated carbocycles. The zero-order valence-corrected chi connectivity index (χ0v) is 10.0. The Morgan fingerprint density at radius 2 is 2.24 bits per heavy atom. The van der Waals surface area contributed by atoms with Crippen molar-refractivity contribution in [2.24, 2.45) is 0 Å². The molecule has 0 aliphatic carbocycles. The van der Waals surface area contributed by atoms with E-state index in [1.807, 2.05) is 0 Å². The molecule has 2 rings (SSSR count). The number of halogens is 1. The monoisotopic (exact) mass is 255 g/mol. The van der Waals surface area contributed by atoms with Gasteiger partial charge in [0.1, 0.15) is 5.15 Å². The molecule has 0 spiro atoms. The molecule has 17 heavy (non-hydrogen) atoms. The lowest BCUT2D eigenvalue weighted by Crippen LogP contribution is -2.39. The molecule has 0 unspecified atom stereocenters. The number of rotatable bonds is 2. The molecular weight excluding hydrogens is 242 g/mol. The number of pyridine rings is 1. The van der Waals surface area contributed by atoms with E-state index in [0.717, 1.165) is 12.8 Å². The van der Waals surface area contributed by atoms with Crippen LogP contribution in [0.2, 0.25) is 5.15 Å². The van der Waals surface area contributed by atoms with Crippen LogP contribution in [0, 0.1) is 0 Å². The van der Waals surface area contributed by atoms with E-state index in [2.05, 4.69) is 10.3 Å². The third-order valence-electron chi connectivity index (χ3n) is 2.70. The smallest absolute Gasteiger partial charge is 0.253 e. The van der Waals surface area contributed by atoms with Crippen LogP contribution in [0.5, 0.6) is 0 Å². The Morgan fingerprint density at radius 1 is 1.53 bits per heavy atom. The Kier molecular flexibility index (Phi) is 3.81. The summed E-state index contributed by atoms with van der Waals surface area (Å²) in [5, 5.41) is 3.18. The van der Waals surface area contributed by atoms with E-state index in [4.69, 9.17) is 22.1 Å². The number of hydrogen-bond acceptors (Lipinski definition) is 4. The number of nitrogen functional groups attached to an aromatic ring is 1. The molecule has 2 heterocycles. The van der Waals surface area contributed by atoms with Crippen LogP contribution in [0.15, 0.2) is 12.3 Å². The Hall–Kier alpha value is -1.33. The summed E-state index contributed by atoms with van der Waals surface area (Å²) in [5.41, 5.74) is 6.39. The lowest BCUT2D eigenvalue weighted by molar-refractivity contribution is 0.0697. The van der Waals surface area contributed by atoms with Crippen molar-refractivity contribution < 1.29 is 9.53 Å². The van der Waals surface area contributed by atoms with Crippen molar-refractivity contribution in [1.82, 2.24) is 10.3 Å². The number of hydrogen-bond donors (Lipinski definition) is 2. The topological polar surface area (TPSA) is 77.2 Å². The van der Waals surface area contributed by atoms with Crippen LogP contribution in [-0.2, 0) is 4.74 Å². The van der Waals surface area contributed by atoms with Gasteiger partial charge in [0.2, 0.25) is 0 Å². The molecule has 1 aromatic rings. The molecule has 0 radical (unpaired) electrons. The molecule has 1 amide bonds. The highest BCUT2D eigenvalue weighted by Crippen LogP contribution is 2.16. The maximum absolute atomic E-state index is 12.0. The summed E-state index contributed by atoms with van der Waals surface area (Å²) in [7, 11) is 0. The molecule has 3 N–H and O–H groups in total. The predicted molar refractivity (Wildman–Crippen MR) is 65.0 cm³/mol. The third kappa shape index (κ3) is 3.08. The molecule has 1 aromatic heterocycles. The zero-order valence-electron chi connectivity index (χ0n) is 9.28. The van der Waals surface area contributed by atoms with Crippen LogP contribution in [0.25, 0.3) is 0 Å². The van der Waals surface area contributed by atoms with Crippen molar-refractivity contribution >= 4 is 23.2 Å². The summed E-state index contributed by atoms with van der Waals surface area (Å²) in [6, 6.07) is 1.62. The molecule has 92 valence electrons. The van der Waals surface area contributed by atoms with E-state index in [9.17, 15) is 4.79 Å². The highest BCUT2D eigenvalue weighted by atomic mass is 35.5. The summed E-state index contributed by atoms with van der Waals surface area (Å²) in [6.45, 7) is 1.36. The third-order valence-corrected chi connectivity index (χ3v) is 2.91. The molecule has 1 aliphatic rings. The number of ether oxygens (including phenoxy) is 1. The highest BCUT2D eigenvalue weighted by Gasteiger charge is 2.18. The van der Waals surface area contributed by atoms with E-state index in [0.29, 0.717) is 24.5 Å². The van der Waals surface area contributed by atoms with Gasteiger partial charge in [-0.1, -0.05) is 11.6 Å². The van der Waals surface area contributed by atoms with Crippen LogP contribution in [-0.4, -0.2) is 30.1 Å². The number of aromatic nitrogens is 1. The van der Waals surface area contributed by atoms with Crippen LogP contribution in [0.4, 0.5) is 5.69 Å². The summed E-state index contributed by atoms with van der Waals surface area (Å²) in [6.07, 6.45) is 3.04. The largest absolute Gasteiger partial charge is 0.397 e. The number of nitrogens with zero attached hydrogens (tertiary/aromatic N) is 1. The second kappa shape index (κ2) is 5.33. The molecule has 0 bridgehead atoms. The summed E-state index contributed by atoms with van der Waals surface area (Å²) < 4.78 is 5.22. The minimum Gasteiger partial charge on any atom is -0.397 e. The minimum atomic E-state index is -0.210. The van der Waals surface area contributed by atoms with Gasteiger partial charge in [-0.15, -0.1) is 0 Å². The van der Waals surface area contributed by atoms with Crippen molar-refractivity contribution in [2.45, 2.75) is 18.9 Å². The first-order valence-corrected chi connectivity index (χ1v) is 5.84. The average Bonchev–Trinajstić information content (AvgIpc) is 2.33. The molecule has 1 fully saturated rings. The number of amides is 1. The van der Waals surface area contributed by atoms with Crippen molar-refractivity contribution in [3.05, 3.63) is 23.0 Å². The van der Waals surface area contributed by atoms with Crippen molar-refractivity contribution in [1.29, 1.82) is 0 Å². The van der Waals surface area contributed by atoms with Gasteiger partial charge in [0, 0.05) is 19.3 Å². The molecular formula is C11H14ClN3O2. The van der Waals surface area contributed by atoms with Gasteiger partial charge >= 0.3 is 0 Å². The quantitative estimate of drug-likeness (QED) is 0.779. The summed E-state index contributed by atoms with van der Waals surface area (Å²) in [5.74, 6) is -0.210. The van der Waals surface area contributed by atoms with Gasteiger partial charge in [-0.2, -0.15) is 0 Å². The fourth-order valence-corrected chi connectivity index (χ4v) is 1.90. The Labute approximate surface area is 104 Å². The van der Waals surface area contributed by atoms with Crippen molar-refractivity contribution in [2.75, 3.05) is 18.9 Å². The molecule has 5 nitrogen and oxygen atoms in total. The minimum absolute atomic E-state index is 0.141. The maximum Gasteiger partial charge on any atom is 0.253 e. The Bertz CT molecular complexity index is 419. The second-order valence-corrected chi connectivity index (χ2v) is 4.34. The van der Waals surface area contributed by atoms with Gasteiger partial charge in [0.05, 0.1) is 17.4 Å². The van der Waals surface area contributed by atoms with E-state index >= 15 is 0 Å². The van der Waals surface area contributed by atoms with E-state index in [1.54, 1.807) is 0 Å². The SMILES string of the molecule is Nc1cnc(Cl)cc1C(=O)NC1CCOCC1. The maximum atomic E-state index is 12.0. The van der Waals surface area contributed by atoms with Crippen LogP contribution in [0.1, 0.15) is 23.2 Å². The van der Waals surface area contributed by atoms with E-state index in [-0.39, 0.29) is 17.1 Å². The number of carbonyl (C=O) groups is 1. The molecule has 0 atom stereocenters. The molecule has 6 heteroatoms. The molecule has 1 saturated heterocycles. The molecule has 1 aliphatic heterocycles. The van der Waals surface area contributed by atoms with Crippen LogP contribution in [0.3, 0.4) is 0 Å². The van der Waals surface area contributed by atoms with E-state index in [1.165, 1.54) is 12.3 Å². The number of nitrogens with two attached hydrogens (primary N) is 1. The first kappa shape index (κ1) is 12.1. The number of carbonyl (C=O) groups excluding carboxylic acids is 1. The Morgan fingerprint density at radius 3 is 2.94 bits per heavy atom. The fourth-order valence-electron chi connectivity index (χ4n) is 1.74. The first-order valence-electron chi connectivity index (χ1n) is 5.46. The van der Waals surface area contributed by atoms with E-state index < -0.39 is 0 Å². The van der Waals surface area contributed by atoms with Gasteiger partial charge in [-0.25, -0.2) is 4.98 Å². The standard InChI is InChI=1S/C11H14ClN3O2/c12-10-5-8(9(13)6-14-10)11(16)15-7-1-3-17-4-2-7/h5-7H,1-4,13H2,(H,15,16). The fraction of sp³-hybridized carbons (Fsp3) is 0.455. The average molecular weight is 256 g/mol. The normalized spacial score (nSPS) is 16.8. The number of nitrogens with one attached hydrogen (secondary N) is 1. The van der Waals surface area contributed by atoms with Crippen LogP contribution >= 0.6 is 11.6 Å². The van der Waals surface area contributed by atoms with Gasteiger partial charge in [0.15, 0.2) is 0 Å². The van der Waals surface area contributed by atoms with Gasteiger partial charge in [0.25, 0.3) is 5.91 Å². The predicted octanol–water partition coefficient (Wildman–Crippen LogP) is 1.23. The highest BCUT2D eigenvalue weighted by molar-refractivity contribution is 6.29. The first-order chi connectivity index (χ1) is 8.16. The van der Waals surface area contributed by atoms with Gasteiger partial charge < -0.3 is 15.8 Å². The van der Waals surface area contributed by atoms with Gasteiger partial charge in [-0.05, 0) is 18.9 Å². The van der Waals surface area contributed by atoms with Crippen LogP contribution < -0.4 is 11.1 Å². The summed E-state index contributed by atoms with van der Waals surface area (Å²) >= 11 is 5.74. The lowest BCUT2D eigenvalue weighted by atomic mass is 10.1. The lowest BCUT2D eigenvalue weighted by Gasteiger charge is -2.23. The van der Waals surface area contributed by atoms with Crippen molar-refractivity contribution in [3.8, 4) is 0 Å². The summed E-state index contributed by atoms with van der Waals surface area (Å²) in [4.78, 5) is 15.8. The molecule has 0 aromatic carbocycles. The van der Waals surface area contributed by atoms with Crippen molar-refractivity contribution in [3.63, 3.8) is 0 Å². The Balaban J connectivity index is 2.05. The second-order valence-electron chi connectivity index (χ2n) is 3.95. The zero-order chi connectivity index (χ0) is 12.3.